The van der Waals surface area contributed by atoms with Crippen LogP contribution in [-0.4, -0.2) is 21.7 Å². The number of hydrogen-bond acceptors (Lipinski definition) is 2. The van der Waals surface area contributed by atoms with Crippen molar-refractivity contribution in [1.82, 2.24) is 15.1 Å². The molecule has 0 saturated carbocycles. The van der Waals surface area contributed by atoms with Crippen molar-refractivity contribution in [3.63, 3.8) is 0 Å². The maximum Gasteiger partial charge on any atom is 0.0597 e. The summed E-state index contributed by atoms with van der Waals surface area (Å²) >= 11 is 5.67. The van der Waals surface area contributed by atoms with E-state index in [4.69, 9.17) is 11.6 Å². The molecule has 92 valence electrons. The third-order valence-corrected chi connectivity index (χ3v) is 2.95. The smallest absolute Gasteiger partial charge is 0.0597 e. The van der Waals surface area contributed by atoms with Crippen molar-refractivity contribution >= 4 is 11.6 Å². The first-order valence-electron chi connectivity index (χ1n) is 6.00. The summed E-state index contributed by atoms with van der Waals surface area (Å²) in [5, 5.41) is 7.93. The summed E-state index contributed by atoms with van der Waals surface area (Å²) in [5.41, 5.74) is 2.35. The van der Waals surface area contributed by atoms with Crippen LogP contribution in [0.2, 0.25) is 0 Å². The van der Waals surface area contributed by atoms with E-state index >= 15 is 0 Å². The van der Waals surface area contributed by atoms with E-state index in [0.717, 1.165) is 37.5 Å². The fourth-order valence-electron chi connectivity index (χ4n) is 1.78. The number of halogens is 1. The Hall–Kier alpha value is -0.540. The fourth-order valence-corrected chi connectivity index (χ4v) is 1.93. The van der Waals surface area contributed by atoms with Gasteiger partial charge in [-0.05, 0) is 39.7 Å². The van der Waals surface area contributed by atoms with Gasteiger partial charge < -0.3 is 5.32 Å². The van der Waals surface area contributed by atoms with Crippen molar-refractivity contribution in [3.8, 4) is 0 Å². The molecule has 1 aromatic heterocycles. The maximum atomic E-state index is 5.67. The van der Waals surface area contributed by atoms with Crippen molar-refractivity contribution in [3.05, 3.63) is 17.5 Å². The van der Waals surface area contributed by atoms with Crippen LogP contribution in [0.15, 0.2) is 6.07 Å². The molecule has 1 unspecified atom stereocenters. The highest BCUT2D eigenvalue weighted by Gasteiger charge is 2.06. The van der Waals surface area contributed by atoms with E-state index in [1.165, 1.54) is 5.69 Å². The van der Waals surface area contributed by atoms with Gasteiger partial charge in [0.05, 0.1) is 11.4 Å². The molecule has 4 heteroatoms. The molecule has 3 nitrogen and oxygen atoms in total. The Morgan fingerprint density at radius 1 is 1.56 bits per heavy atom. The van der Waals surface area contributed by atoms with Crippen LogP contribution in [0.4, 0.5) is 0 Å². The molecule has 0 radical (unpaired) electrons. The van der Waals surface area contributed by atoms with Gasteiger partial charge in [-0.2, -0.15) is 5.10 Å². The summed E-state index contributed by atoms with van der Waals surface area (Å²) in [6.07, 6.45) is 2.20. The van der Waals surface area contributed by atoms with Gasteiger partial charge in [-0.15, -0.1) is 11.6 Å². The molecule has 1 aromatic rings. The van der Waals surface area contributed by atoms with E-state index in [9.17, 15) is 0 Å². The van der Waals surface area contributed by atoms with E-state index < -0.39 is 0 Å². The van der Waals surface area contributed by atoms with Crippen molar-refractivity contribution in [2.24, 2.45) is 0 Å². The van der Waals surface area contributed by atoms with Gasteiger partial charge in [-0.25, -0.2) is 0 Å². The molecule has 1 rings (SSSR count). The largest absolute Gasteiger partial charge is 0.309 e. The third-order valence-electron chi connectivity index (χ3n) is 2.69. The average Bonchev–Trinajstić information content (AvgIpc) is 2.64. The standard InChI is InChI=1S/C12H22ClN3/c1-4-16-12(8-11(3)15-16)9-14-10(2)6-5-7-13/h8,10,14H,4-7,9H2,1-3H3. The molecular formula is C12H22ClN3. The molecule has 0 saturated heterocycles. The van der Waals surface area contributed by atoms with E-state index in [2.05, 4.69) is 35.0 Å². The molecule has 0 fully saturated rings. The fraction of sp³-hybridized carbons (Fsp3) is 0.750. The Balaban J connectivity index is 2.41. The first kappa shape index (κ1) is 13.5. The Morgan fingerprint density at radius 2 is 2.31 bits per heavy atom. The summed E-state index contributed by atoms with van der Waals surface area (Å²) in [6, 6.07) is 2.66. The van der Waals surface area contributed by atoms with Crippen molar-refractivity contribution in [2.45, 2.75) is 52.7 Å². The van der Waals surface area contributed by atoms with Crippen molar-refractivity contribution in [2.75, 3.05) is 5.88 Å². The number of rotatable bonds is 7. The third kappa shape index (κ3) is 4.14. The number of hydrogen-bond donors (Lipinski definition) is 1. The minimum Gasteiger partial charge on any atom is -0.309 e. The van der Waals surface area contributed by atoms with Crippen LogP contribution in [-0.2, 0) is 13.1 Å². The topological polar surface area (TPSA) is 29.9 Å². The van der Waals surface area contributed by atoms with Gasteiger partial charge in [0, 0.05) is 25.0 Å². The Bertz CT molecular complexity index is 309. The second-order valence-corrected chi connectivity index (χ2v) is 4.58. The predicted octanol–water partition coefficient (Wildman–Crippen LogP) is 2.71. The van der Waals surface area contributed by atoms with E-state index in [1.807, 2.05) is 6.92 Å². The molecule has 0 aliphatic heterocycles. The molecule has 0 aliphatic carbocycles. The summed E-state index contributed by atoms with van der Waals surface area (Å²) in [5.74, 6) is 0.748. The van der Waals surface area contributed by atoms with Gasteiger partial charge in [0.25, 0.3) is 0 Å². The van der Waals surface area contributed by atoms with Crippen LogP contribution in [0.5, 0.6) is 0 Å². The number of aromatic nitrogens is 2. The summed E-state index contributed by atoms with van der Waals surface area (Å²) in [7, 11) is 0. The minimum absolute atomic E-state index is 0.513. The van der Waals surface area contributed by atoms with E-state index in [0.29, 0.717) is 6.04 Å². The lowest BCUT2D eigenvalue weighted by Gasteiger charge is -2.13. The van der Waals surface area contributed by atoms with Crippen LogP contribution >= 0.6 is 11.6 Å². The Morgan fingerprint density at radius 3 is 2.94 bits per heavy atom. The van der Waals surface area contributed by atoms with Crippen LogP contribution in [0.25, 0.3) is 0 Å². The minimum atomic E-state index is 0.513. The van der Waals surface area contributed by atoms with Gasteiger partial charge in [0.1, 0.15) is 0 Å². The molecule has 1 heterocycles. The molecule has 0 bridgehead atoms. The number of nitrogens with zero attached hydrogens (tertiary/aromatic N) is 2. The van der Waals surface area contributed by atoms with Gasteiger partial charge in [0.2, 0.25) is 0 Å². The van der Waals surface area contributed by atoms with Crippen LogP contribution < -0.4 is 5.32 Å². The molecule has 1 N–H and O–H groups in total. The second-order valence-electron chi connectivity index (χ2n) is 4.21. The summed E-state index contributed by atoms with van der Waals surface area (Å²) in [4.78, 5) is 0. The molecule has 0 aliphatic rings. The maximum absolute atomic E-state index is 5.67. The highest BCUT2D eigenvalue weighted by molar-refractivity contribution is 6.17. The highest BCUT2D eigenvalue weighted by atomic mass is 35.5. The van der Waals surface area contributed by atoms with E-state index in [1.54, 1.807) is 0 Å². The molecule has 1 atom stereocenters. The van der Waals surface area contributed by atoms with Gasteiger partial charge in [0.15, 0.2) is 0 Å². The van der Waals surface area contributed by atoms with Crippen molar-refractivity contribution in [1.29, 1.82) is 0 Å². The lowest BCUT2D eigenvalue weighted by atomic mass is 10.2. The summed E-state index contributed by atoms with van der Waals surface area (Å²) < 4.78 is 2.05. The monoisotopic (exact) mass is 243 g/mol. The first-order valence-corrected chi connectivity index (χ1v) is 6.53. The SMILES string of the molecule is CCn1nc(C)cc1CNC(C)CCCCl. The zero-order valence-corrected chi connectivity index (χ0v) is 11.2. The first-order chi connectivity index (χ1) is 7.67. The van der Waals surface area contributed by atoms with Crippen LogP contribution in [0.3, 0.4) is 0 Å². The predicted molar refractivity (Wildman–Crippen MR) is 68.9 cm³/mol. The lowest BCUT2D eigenvalue weighted by Crippen LogP contribution is -2.26. The van der Waals surface area contributed by atoms with Crippen LogP contribution in [0, 0.1) is 6.92 Å². The molecular weight excluding hydrogens is 222 g/mol. The summed E-state index contributed by atoms with van der Waals surface area (Å²) in [6.45, 7) is 8.17. The second kappa shape index (κ2) is 6.92. The lowest BCUT2D eigenvalue weighted by molar-refractivity contribution is 0.488. The van der Waals surface area contributed by atoms with Gasteiger partial charge >= 0.3 is 0 Å². The number of nitrogens with one attached hydrogen (secondary N) is 1. The van der Waals surface area contributed by atoms with Crippen LogP contribution in [0.1, 0.15) is 38.1 Å². The Kier molecular flexibility index (Phi) is 5.85. The number of alkyl halides is 1. The normalized spacial score (nSPS) is 13.0. The van der Waals surface area contributed by atoms with Crippen molar-refractivity contribution < 1.29 is 0 Å². The van der Waals surface area contributed by atoms with Gasteiger partial charge in [-0.3, -0.25) is 4.68 Å². The number of aryl methyl sites for hydroxylation is 2. The average molecular weight is 244 g/mol. The highest BCUT2D eigenvalue weighted by Crippen LogP contribution is 2.05. The molecule has 0 amide bonds. The Labute approximate surface area is 103 Å². The van der Waals surface area contributed by atoms with E-state index in [-0.39, 0.29) is 0 Å². The quantitative estimate of drug-likeness (QED) is 0.747. The molecule has 0 aromatic carbocycles. The molecule has 16 heavy (non-hydrogen) atoms. The zero-order chi connectivity index (χ0) is 12.0. The zero-order valence-electron chi connectivity index (χ0n) is 10.5. The van der Waals surface area contributed by atoms with Gasteiger partial charge in [-0.1, -0.05) is 0 Å². The molecule has 0 spiro atoms.